The predicted molar refractivity (Wildman–Crippen MR) is 95.8 cm³/mol. The molecule has 1 aromatic heterocycles. The van der Waals surface area contributed by atoms with Crippen molar-refractivity contribution in [3.63, 3.8) is 0 Å². The van der Waals surface area contributed by atoms with Gasteiger partial charge in [-0.1, -0.05) is 23.7 Å². The normalized spacial score (nSPS) is 12.0. The second-order valence-electron chi connectivity index (χ2n) is 5.83. The van der Waals surface area contributed by atoms with E-state index in [2.05, 4.69) is 5.32 Å². The third-order valence-electron chi connectivity index (χ3n) is 3.94. The summed E-state index contributed by atoms with van der Waals surface area (Å²) < 4.78 is 37.9. The summed E-state index contributed by atoms with van der Waals surface area (Å²) in [6.45, 7) is 2.90. The number of furan rings is 1. The Morgan fingerprint density at radius 1 is 1.19 bits per heavy atom. The van der Waals surface area contributed by atoms with Crippen molar-refractivity contribution in [2.75, 3.05) is 5.32 Å². The number of halogens is 3. The molecule has 8 heteroatoms. The Kier molecular flexibility index (Phi) is 5.14. The van der Waals surface area contributed by atoms with Gasteiger partial charge in [0.2, 0.25) is 5.76 Å². The largest absolute Gasteiger partial charge is 0.447 e. The van der Waals surface area contributed by atoms with Crippen LogP contribution in [0, 0.1) is 18.6 Å². The summed E-state index contributed by atoms with van der Waals surface area (Å²) in [5.41, 5.74) is 0.224. The SMILES string of the molecule is Cc1c(C(=O)O[C@H](C)C(=O)Nc2ccc(Cl)cc2F)oc2c(F)cccc12. The van der Waals surface area contributed by atoms with Crippen LogP contribution in [0.2, 0.25) is 5.02 Å². The Morgan fingerprint density at radius 3 is 2.59 bits per heavy atom. The molecule has 3 rings (SSSR count). The number of aryl methyl sites for hydroxylation is 1. The summed E-state index contributed by atoms with van der Waals surface area (Å²) >= 11 is 5.65. The van der Waals surface area contributed by atoms with Crippen LogP contribution >= 0.6 is 11.6 Å². The molecule has 0 spiro atoms. The number of fused-ring (bicyclic) bond motifs is 1. The molecule has 2 aromatic carbocycles. The lowest BCUT2D eigenvalue weighted by Crippen LogP contribution is -2.30. The predicted octanol–water partition coefficient (Wildman–Crippen LogP) is 4.86. The van der Waals surface area contributed by atoms with E-state index in [0.717, 1.165) is 6.07 Å². The van der Waals surface area contributed by atoms with Gasteiger partial charge in [-0.25, -0.2) is 13.6 Å². The van der Waals surface area contributed by atoms with Crippen molar-refractivity contribution in [3.05, 3.63) is 64.4 Å². The highest BCUT2D eigenvalue weighted by Crippen LogP contribution is 2.28. The number of nitrogens with one attached hydrogen (secondary N) is 1. The van der Waals surface area contributed by atoms with Crippen LogP contribution in [0.1, 0.15) is 23.0 Å². The minimum Gasteiger partial charge on any atom is -0.447 e. The lowest BCUT2D eigenvalue weighted by Gasteiger charge is -2.13. The number of rotatable bonds is 4. The van der Waals surface area contributed by atoms with Crippen molar-refractivity contribution in [2.24, 2.45) is 0 Å². The molecule has 140 valence electrons. The molecule has 0 saturated heterocycles. The molecule has 1 N–H and O–H groups in total. The van der Waals surface area contributed by atoms with Gasteiger partial charge in [-0.3, -0.25) is 4.79 Å². The van der Waals surface area contributed by atoms with Gasteiger partial charge in [0.25, 0.3) is 5.91 Å². The Hall–Kier alpha value is -2.93. The van der Waals surface area contributed by atoms with Crippen LogP contribution in [0.25, 0.3) is 11.0 Å². The second kappa shape index (κ2) is 7.36. The van der Waals surface area contributed by atoms with Gasteiger partial charge >= 0.3 is 5.97 Å². The molecule has 1 heterocycles. The Labute approximate surface area is 157 Å². The van der Waals surface area contributed by atoms with Gasteiger partial charge in [0.15, 0.2) is 17.5 Å². The number of esters is 1. The number of hydrogen-bond acceptors (Lipinski definition) is 4. The van der Waals surface area contributed by atoms with Gasteiger partial charge in [0, 0.05) is 16.0 Å². The molecule has 0 aliphatic heterocycles. The zero-order chi connectivity index (χ0) is 19.7. The lowest BCUT2D eigenvalue weighted by atomic mass is 10.1. The van der Waals surface area contributed by atoms with Gasteiger partial charge in [-0.05, 0) is 38.1 Å². The van der Waals surface area contributed by atoms with Crippen LogP contribution in [0.5, 0.6) is 0 Å². The minimum absolute atomic E-state index is 0.0673. The lowest BCUT2D eigenvalue weighted by molar-refractivity contribution is -0.123. The molecule has 0 radical (unpaired) electrons. The average Bonchev–Trinajstić information content (AvgIpc) is 2.96. The maximum absolute atomic E-state index is 13.8. The Balaban J connectivity index is 1.74. The third-order valence-corrected chi connectivity index (χ3v) is 4.18. The zero-order valence-electron chi connectivity index (χ0n) is 14.3. The number of carbonyl (C=O) groups excluding carboxylic acids is 2. The topological polar surface area (TPSA) is 68.5 Å². The number of benzene rings is 2. The molecule has 3 aromatic rings. The average molecular weight is 394 g/mol. The molecule has 1 amide bonds. The molecule has 0 bridgehead atoms. The van der Waals surface area contributed by atoms with Crippen molar-refractivity contribution in [2.45, 2.75) is 20.0 Å². The van der Waals surface area contributed by atoms with Gasteiger partial charge in [0.05, 0.1) is 5.69 Å². The van der Waals surface area contributed by atoms with Crippen LogP contribution in [0.4, 0.5) is 14.5 Å². The van der Waals surface area contributed by atoms with E-state index >= 15 is 0 Å². The van der Waals surface area contributed by atoms with Crippen LogP contribution in [-0.4, -0.2) is 18.0 Å². The quantitative estimate of drug-likeness (QED) is 0.643. The van der Waals surface area contributed by atoms with Gasteiger partial charge in [-0.15, -0.1) is 0 Å². The van der Waals surface area contributed by atoms with E-state index in [1.165, 1.54) is 31.2 Å². The van der Waals surface area contributed by atoms with Crippen molar-refractivity contribution in [1.29, 1.82) is 0 Å². The van der Waals surface area contributed by atoms with Crippen molar-refractivity contribution < 1.29 is 27.5 Å². The first-order chi connectivity index (χ1) is 12.8. The third kappa shape index (κ3) is 3.78. The fraction of sp³-hybridized carbons (Fsp3) is 0.158. The molecular formula is C19H14ClF2NO4. The van der Waals surface area contributed by atoms with Crippen molar-refractivity contribution in [3.8, 4) is 0 Å². The fourth-order valence-electron chi connectivity index (χ4n) is 2.50. The molecule has 0 aliphatic carbocycles. The van der Waals surface area contributed by atoms with Crippen molar-refractivity contribution in [1.82, 2.24) is 0 Å². The van der Waals surface area contributed by atoms with Crippen LogP contribution in [0.3, 0.4) is 0 Å². The number of hydrogen-bond donors (Lipinski definition) is 1. The van der Waals surface area contributed by atoms with Crippen molar-refractivity contribution >= 4 is 40.1 Å². The monoisotopic (exact) mass is 393 g/mol. The summed E-state index contributed by atoms with van der Waals surface area (Å²) in [5.74, 6) is -3.21. The minimum atomic E-state index is -1.25. The second-order valence-corrected chi connectivity index (χ2v) is 6.27. The summed E-state index contributed by atoms with van der Waals surface area (Å²) in [6, 6.07) is 8.04. The molecule has 1 atom stereocenters. The standard InChI is InChI=1S/C19H14ClF2NO4/c1-9-12-4-3-5-13(21)17(12)27-16(9)19(25)26-10(2)18(24)23-15-7-6-11(20)8-14(15)22/h3-8,10H,1-2H3,(H,23,24)/t10-/m1/s1. The maximum atomic E-state index is 13.8. The Bertz CT molecular complexity index is 1050. The van der Waals surface area contributed by atoms with E-state index < -0.39 is 29.6 Å². The smallest absolute Gasteiger partial charge is 0.375 e. The number of amides is 1. The highest BCUT2D eigenvalue weighted by atomic mass is 35.5. The van der Waals surface area contributed by atoms with Crippen LogP contribution < -0.4 is 5.32 Å². The van der Waals surface area contributed by atoms with Gasteiger partial charge < -0.3 is 14.5 Å². The zero-order valence-corrected chi connectivity index (χ0v) is 15.1. The maximum Gasteiger partial charge on any atom is 0.375 e. The molecule has 0 fully saturated rings. The first kappa shape index (κ1) is 18.8. The van der Waals surface area contributed by atoms with Crippen LogP contribution in [0.15, 0.2) is 40.8 Å². The summed E-state index contributed by atoms with van der Waals surface area (Å²) in [6.07, 6.45) is -1.25. The number of ether oxygens (including phenoxy) is 1. The van der Waals surface area contributed by atoms with E-state index in [-0.39, 0.29) is 22.1 Å². The Morgan fingerprint density at radius 2 is 1.93 bits per heavy atom. The summed E-state index contributed by atoms with van der Waals surface area (Å²) in [4.78, 5) is 24.5. The number of anilines is 1. The van der Waals surface area contributed by atoms with Gasteiger partial charge in [0.1, 0.15) is 5.82 Å². The van der Waals surface area contributed by atoms with E-state index in [4.69, 9.17) is 20.8 Å². The molecular weight excluding hydrogens is 380 g/mol. The number of para-hydroxylation sites is 1. The molecule has 0 saturated carbocycles. The van der Waals surface area contributed by atoms with Gasteiger partial charge in [-0.2, -0.15) is 0 Å². The summed E-state index contributed by atoms with van der Waals surface area (Å²) in [5, 5.41) is 2.91. The first-order valence-corrected chi connectivity index (χ1v) is 8.30. The van der Waals surface area contributed by atoms with E-state index in [9.17, 15) is 18.4 Å². The van der Waals surface area contributed by atoms with E-state index in [0.29, 0.717) is 10.9 Å². The summed E-state index contributed by atoms with van der Waals surface area (Å²) in [7, 11) is 0. The van der Waals surface area contributed by atoms with E-state index in [1.807, 2.05) is 0 Å². The highest BCUT2D eigenvalue weighted by molar-refractivity contribution is 6.30. The molecule has 0 aliphatic rings. The van der Waals surface area contributed by atoms with Crippen LogP contribution in [-0.2, 0) is 9.53 Å². The molecule has 27 heavy (non-hydrogen) atoms. The fourth-order valence-corrected chi connectivity index (χ4v) is 2.66. The number of carbonyl (C=O) groups is 2. The molecule has 0 unspecified atom stereocenters. The van der Waals surface area contributed by atoms with E-state index in [1.54, 1.807) is 13.0 Å². The molecule has 5 nitrogen and oxygen atoms in total. The first-order valence-electron chi connectivity index (χ1n) is 7.92. The highest BCUT2D eigenvalue weighted by Gasteiger charge is 2.25.